The van der Waals surface area contributed by atoms with Gasteiger partial charge in [-0.05, 0) is 76.2 Å². The molecule has 2 saturated carbocycles. The van der Waals surface area contributed by atoms with E-state index < -0.39 is 6.04 Å². The molecule has 2 bridgehead atoms. The van der Waals surface area contributed by atoms with Gasteiger partial charge in [0.1, 0.15) is 6.04 Å². The fourth-order valence-electron chi connectivity index (χ4n) is 6.43. The number of carbonyl (C=O) groups excluding carboxylic acids is 3. The fraction of sp³-hybridized carbons (Fsp3) is 0.370. The number of benzene rings is 2. The molecule has 7 heteroatoms. The maximum atomic E-state index is 13.7. The lowest BCUT2D eigenvalue weighted by atomic mass is 9.63. The molecule has 0 unspecified atom stereocenters. The Labute approximate surface area is 211 Å². The van der Waals surface area contributed by atoms with Crippen molar-refractivity contribution in [3.63, 3.8) is 0 Å². The number of hydrogen-bond acceptors (Lipinski definition) is 3. The molecule has 174 valence electrons. The zero-order chi connectivity index (χ0) is 23.7. The van der Waals surface area contributed by atoms with Crippen LogP contribution in [0.3, 0.4) is 0 Å². The van der Waals surface area contributed by atoms with Crippen molar-refractivity contribution in [3.8, 4) is 0 Å². The van der Waals surface area contributed by atoms with E-state index in [2.05, 4.69) is 33.4 Å². The Hall–Kier alpha value is -2.44. The average Bonchev–Trinajstić information content (AvgIpc) is 3.62. The lowest BCUT2D eigenvalue weighted by Gasteiger charge is -2.37. The van der Waals surface area contributed by atoms with Crippen LogP contribution >= 0.6 is 27.5 Å². The summed E-state index contributed by atoms with van der Waals surface area (Å²) in [6, 6.07) is 12.2. The van der Waals surface area contributed by atoms with Gasteiger partial charge in [-0.2, -0.15) is 0 Å². The van der Waals surface area contributed by atoms with Crippen molar-refractivity contribution in [1.82, 2.24) is 4.90 Å². The van der Waals surface area contributed by atoms with Crippen molar-refractivity contribution in [3.05, 3.63) is 75.2 Å². The Morgan fingerprint density at radius 1 is 1.06 bits per heavy atom. The molecule has 1 aliphatic heterocycles. The van der Waals surface area contributed by atoms with E-state index in [1.165, 1.54) is 4.90 Å². The Balaban J connectivity index is 1.34. The second-order valence-corrected chi connectivity index (χ2v) is 11.2. The molecule has 1 saturated heterocycles. The van der Waals surface area contributed by atoms with E-state index in [9.17, 15) is 14.4 Å². The summed E-state index contributed by atoms with van der Waals surface area (Å²) in [4.78, 5) is 42.4. The van der Waals surface area contributed by atoms with Crippen LogP contribution < -0.4 is 5.32 Å². The number of imide groups is 1. The van der Waals surface area contributed by atoms with Crippen LogP contribution in [0, 0.1) is 42.4 Å². The number of hydrogen-bond donors (Lipinski definition) is 1. The number of carbonyl (C=O) groups is 3. The highest BCUT2D eigenvalue weighted by Gasteiger charge is 2.67. The lowest BCUT2D eigenvalue weighted by Crippen LogP contribution is -2.49. The van der Waals surface area contributed by atoms with Crippen molar-refractivity contribution in [2.24, 2.45) is 35.5 Å². The minimum absolute atomic E-state index is 0.120. The highest BCUT2D eigenvalue weighted by atomic mass is 79.9. The quantitative estimate of drug-likeness (QED) is 0.429. The summed E-state index contributed by atoms with van der Waals surface area (Å²) >= 11 is 9.77. The number of rotatable bonds is 5. The highest BCUT2D eigenvalue weighted by Crippen LogP contribution is 2.65. The van der Waals surface area contributed by atoms with E-state index >= 15 is 0 Å². The monoisotopic (exact) mass is 538 g/mol. The van der Waals surface area contributed by atoms with Crippen LogP contribution in [-0.2, 0) is 20.8 Å². The third-order valence-corrected chi connectivity index (χ3v) is 9.56. The van der Waals surface area contributed by atoms with E-state index in [-0.39, 0.29) is 47.8 Å². The summed E-state index contributed by atoms with van der Waals surface area (Å²) in [5, 5.41) is 3.46. The van der Waals surface area contributed by atoms with Gasteiger partial charge in [0.2, 0.25) is 17.7 Å². The number of allylic oxidation sites excluding steroid dienone is 2. The molecule has 0 spiro atoms. The number of halogens is 2. The zero-order valence-corrected chi connectivity index (χ0v) is 20.9. The average molecular weight is 540 g/mol. The molecule has 5 nitrogen and oxygen atoms in total. The number of nitrogens with zero attached hydrogens (tertiary/aromatic N) is 1. The molecule has 3 amide bonds. The summed E-state index contributed by atoms with van der Waals surface area (Å²) in [5.74, 6) is -0.158. The molecule has 0 radical (unpaired) electrons. The second kappa shape index (κ2) is 8.06. The first kappa shape index (κ1) is 22.1. The van der Waals surface area contributed by atoms with Crippen LogP contribution in [0.1, 0.15) is 17.5 Å². The first-order chi connectivity index (χ1) is 16.4. The standard InChI is InChI=1S/C27H24BrClN2O3/c1-13-20(10-9-19(28)24(13)29)30-25(32)21(11-14-5-3-2-4-6-14)31-26(33)22-15-7-8-16(18-12-17(15)18)23(22)27(31)34/h2-10,15-18,21-23H,11-12H2,1H3,(H,30,32)/t15-,16-,17-,18+,21-,22+,23-/m1/s1. The molecule has 1 heterocycles. The molecule has 7 rings (SSSR count). The number of anilines is 1. The fourth-order valence-corrected chi connectivity index (χ4v) is 7.02. The predicted octanol–water partition coefficient (Wildman–Crippen LogP) is 5.01. The predicted molar refractivity (Wildman–Crippen MR) is 133 cm³/mol. The van der Waals surface area contributed by atoms with Gasteiger partial charge < -0.3 is 5.32 Å². The van der Waals surface area contributed by atoms with Crippen molar-refractivity contribution in [2.75, 3.05) is 5.32 Å². The molecular weight excluding hydrogens is 516 g/mol. The SMILES string of the molecule is Cc1c(NC(=O)[C@@H](Cc2ccccc2)N2C(=O)[C@@H]3[C@@H]4C=C[C@H]([C@H]5C[C@@H]45)[C@@H]3C2=O)ccc(Br)c1Cl. The third kappa shape index (κ3) is 3.29. The van der Waals surface area contributed by atoms with E-state index in [4.69, 9.17) is 11.6 Å². The topological polar surface area (TPSA) is 66.5 Å². The smallest absolute Gasteiger partial charge is 0.248 e. The van der Waals surface area contributed by atoms with Gasteiger partial charge in [-0.1, -0.05) is 54.1 Å². The van der Waals surface area contributed by atoms with E-state index in [0.717, 1.165) is 22.0 Å². The van der Waals surface area contributed by atoms with Crippen LogP contribution in [-0.4, -0.2) is 28.7 Å². The summed E-state index contributed by atoms with van der Waals surface area (Å²) < 4.78 is 0.737. The van der Waals surface area contributed by atoms with Crippen LogP contribution in [0.2, 0.25) is 5.02 Å². The maximum Gasteiger partial charge on any atom is 0.248 e. The van der Waals surface area contributed by atoms with Gasteiger partial charge in [-0.15, -0.1) is 0 Å². The van der Waals surface area contributed by atoms with Crippen molar-refractivity contribution < 1.29 is 14.4 Å². The number of amides is 3. The van der Waals surface area contributed by atoms with Gasteiger partial charge in [0.15, 0.2) is 0 Å². The minimum atomic E-state index is -0.925. The molecule has 3 fully saturated rings. The van der Waals surface area contributed by atoms with Crippen molar-refractivity contribution >= 4 is 50.9 Å². The van der Waals surface area contributed by atoms with Crippen LogP contribution in [0.25, 0.3) is 0 Å². The van der Waals surface area contributed by atoms with Crippen molar-refractivity contribution in [2.45, 2.75) is 25.8 Å². The first-order valence-corrected chi connectivity index (χ1v) is 12.9. The number of likely N-dealkylation sites (tertiary alicyclic amines) is 1. The second-order valence-electron chi connectivity index (χ2n) is 9.93. The van der Waals surface area contributed by atoms with Gasteiger partial charge in [0.05, 0.1) is 16.9 Å². The zero-order valence-electron chi connectivity index (χ0n) is 18.6. The van der Waals surface area contributed by atoms with Crippen LogP contribution in [0.5, 0.6) is 0 Å². The highest BCUT2D eigenvalue weighted by molar-refractivity contribution is 9.10. The Morgan fingerprint density at radius 3 is 2.29 bits per heavy atom. The van der Waals surface area contributed by atoms with Gasteiger partial charge in [0, 0.05) is 16.6 Å². The molecule has 5 aliphatic rings. The van der Waals surface area contributed by atoms with E-state index in [1.807, 2.05) is 37.3 Å². The Bertz CT molecular complexity index is 1210. The Kier molecular flexibility index (Phi) is 5.23. The summed E-state index contributed by atoms with van der Waals surface area (Å²) in [6.07, 6.45) is 5.66. The summed E-state index contributed by atoms with van der Waals surface area (Å²) in [6.45, 7) is 1.82. The number of nitrogens with one attached hydrogen (secondary N) is 1. The summed E-state index contributed by atoms with van der Waals surface area (Å²) in [7, 11) is 0. The molecule has 0 aromatic heterocycles. The molecule has 2 aromatic rings. The normalized spacial score (nSPS) is 31.3. The van der Waals surface area contributed by atoms with Crippen LogP contribution in [0.15, 0.2) is 59.1 Å². The van der Waals surface area contributed by atoms with Gasteiger partial charge >= 0.3 is 0 Å². The van der Waals surface area contributed by atoms with Gasteiger partial charge in [0.25, 0.3) is 0 Å². The van der Waals surface area contributed by atoms with Crippen molar-refractivity contribution in [1.29, 1.82) is 0 Å². The molecule has 4 aliphatic carbocycles. The molecule has 2 aromatic carbocycles. The van der Waals surface area contributed by atoms with E-state index in [0.29, 0.717) is 22.5 Å². The Morgan fingerprint density at radius 2 is 1.68 bits per heavy atom. The van der Waals surface area contributed by atoms with Gasteiger partial charge in [-0.25, -0.2) is 0 Å². The largest absolute Gasteiger partial charge is 0.324 e. The molecule has 7 atom stereocenters. The summed E-state index contributed by atoms with van der Waals surface area (Å²) in [5.41, 5.74) is 2.18. The maximum absolute atomic E-state index is 13.7. The third-order valence-electron chi connectivity index (χ3n) is 8.18. The first-order valence-electron chi connectivity index (χ1n) is 11.7. The lowest BCUT2D eigenvalue weighted by molar-refractivity contribution is -0.146. The van der Waals surface area contributed by atoms with Gasteiger partial charge in [-0.3, -0.25) is 19.3 Å². The van der Waals surface area contributed by atoms with E-state index in [1.54, 1.807) is 12.1 Å². The molecule has 34 heavy (non-hydrogen) atoms. The minimum Gasteiger partial charge on any atom is -0.324 e. The molecule has 1 N–H and O–H groups in total. The molecular formula is C27H24BrClN2O3. The van der Waals surface area contributed by atoms with Crippen LogP contribution in [0.4, 0.5) is 5.69 Å².